The van der Waals surface area contributed by atoms with E-state index in [4.69, 9.17) is 0 Å². The normalized spacial score (nSPS) is 31.6. The van der Waals surface area contributed by atoms with E-state index in [1.54, 1.807) is 0 Å². The Kier molecular flexibility index (Phi) is 3.62. The van der Waals surface area contributed by atoms with Crippen LogP contribution < -0.4 is 5.32 Å². The molecule has 1 amide bonds. The number of amides is 1. The standard InChI is InChI=1S/C19H25NO2/c1-11-5-7-19(8-6-11)17(21)16(18(22)20-19)15-10-13(3)12(2)9-14(15)4/h9-11,16H,5-8H2,1-4H3,(H,20,22). The van der Waals surface area contributed by atoms with Crippen LogP contribution in [-0.4, -0.2) is 17.2 Å². The van der Waals surface area contributed by atoms with Crippen LogP contribution in [0.2, 0.25) is 0 Å². The number of carbonyl (C=O) groups is 2. The van der Waals surface area contributed by atoms with Crippen LogP contribution in [0.4, 0.5) is 0 Å². The molecular weight excluding hydrogens is 274 g/mol. The van der Waals surface area contributed by atoms with Crippen molar-refractivity contribution < 1.29 is 9.59 Å². The van der Waals surface area contributed by atoms with Gasteiger partial charge in [0.2, 0.25) is 5.91 Å². The van der Waals surface area contributed by atoms with Gasteiger partial charge in [-0.3, -0.25) is 9.59 Å². The molecule has 1 aromatic rings. The van der Waals surface area contributed by atoms with Crippen molar-refractivity contribution in [3.8, 4) is 0 Å². The molecule has 1 heterocycles. The van der Waals surface area contributed by atoms with Gasteiger partial charge in [-0.2, -0.15) is 0 Å². The molecule has 3 nitrogen and oxygen atoms in total. The molecular formula is C19H25NO2. The van der Waals surface area contributed by atoms with Gasteiger partial charge in [-0.05, 0) is 74.6 Å². The molecule has 0 bridgehead atoms. The zero-order valence-corrected chi connectivity index (χ0v) is 14.0. The molecule has 0 aromatic heterocycles. The van der Waals surface area contributed by atoms with Crippen LogP contribution in [0, 0.1) is 26.7 Å². The van der Waals surface area contributed by atoms with Crippen molar-refractivity contribution >= 4 is 11.7 Å². The maximum Gasteiger partial charge on any atom is 0.235 e. The molecule has 1 aromatic carbocycles. The van der Waals surface area contributed by atoms with Crippen molar-refractivity contribution in [3.63, 3.8) is 0 Å². The molecule has 1 aliphatic heterocycles. The summed E-state index contributed by atoms with van der Waals surface area (Å²) in [4.78, 5) is 25.6. The van der Waals surface area contributed by atoms with Crippen molar-refractivity contribution in [2.24, 2.45) is 5.92 Å². The van der Waals surface area contributed by atoms with Crippen LogP contribution in [0.25, 0.3) is 0 Å². The average Bonchev–Trinajstić information content (AvgIpc) is 2.70. The Morgan fingerprint density at radius 3 is 2.23 bits per heavy atom. The van der Waals surface area contributed by atoms with E-state index in [0.717, 1.165) is 42.4 Å². The Morgan fingerprint density at radius 2 is 1.59 bits per heavy atom. The van der Waals surface area contributed by atoms with Crippen LogP contribution in [-0.2, 0) is 9.59 Å². The van der Waals surface area contributed by atoms with E-state index >= 15 is 0 Å². The maximum atomic E-state index is 13.1. The van der Waals surface area contributed by atoms with E-state index in [2.05, 4.69) is 25.2 Å². The van der Waals surface area contributed by atoms with Gasteiger partial charge in [0, 0.05) is 0 Å². The molecule has 1 N–H and O–H groups in total. The predicted molar refractivity (Wildman–Crippen MR) is 86.9 cm³/mol. The Morgan fingerprint density at radius 1 is 1.00 bits per heavy atom. The van der Waals surface area contributed by atoms with E-state index in [1.807, 2.05) is 19.9 Å². The lowest BCUT2D eigenvalue weighted by Crippen LogP contribution is -2.49. The fraction of sp³-hybridized carbons (Fsp3) is 0.579. The first-order valence-corrected chi connectivity index (χ1v) is 8.28. The molecule has 118 valence electrons. The minimum atomic E-state index is -0.618. The Bertz CT molecular complexity index is 639. The molecule has 22 heavy (non-hydrogen) atoms. The van der Waals surface area contributed by atoms with E-state index in [0.29, 0.717) is 5.92 Å². The molecule has 1 unspecified atom stereocenters. The second kappa shape index (κ2) is 5.22. The lowest BCUT2D eigenvalue weighted by molar-refractivity contribution is -0.126. The van der Waals surface area contributed by atoms with Gasteiger partial charge in [0.15, 0.2) is 5.78 Å². The molecule has 1 spiro atoms. The highest BCUT2D eigenvalue weighted by Gasteiger charge is 2.53. The molecule has 2 fully saturated rings. The van der Waals surface area contributed by atoms with Gasteiger partial charge in [0.1, 0.15) is 5.92 Å². The van der Waals surface area contributed by atoms with Gasteiger partial charge in [-0.25, -0.2) is 0 Å². The molecule has 1 saturated carbocycles. The second-order valence-corrected chi connectivity index (χ2v) is 7.34. The Hall–Kier alpha value is -1.64. The van der Waals surface area contributed by atoms with Crippen LogP contribution in [0.5, 0.6) is 0 Å². The minimum Gasteiger partial charge on any atom is -0.343 e. The molecule has 3 heteroatoms. The smallest absolute Gasteiger partial charge is 0.235 e. The van der Waals surface area contributed by atoms with Crippen molar-refractivity contribution in [1.29, 1.82) is 0 Å². The lowest BCUT2D eigenvalue weighted by atomic mass is 9.73. The quantitative estimate of drug-likeness (QED) is 0.808. The minimum absolute atomic E-state index is 0.0933. The fourth-order valence-electron chi connectivity index (χ4n) is 3.97. The second-order valence-electron chi connectivity index (χ2n) is 7.34. The summed E-state index contributed by atoms with van der Waals surface area (Å²) in [5, 5.41) is 3.06. The average molecular weight is 299 g/mol. The molecule has 1 saturated heterocycles. The van der Waals surface area contributed by atoms with Crippen LogP contribution in [0.1, 0.15) is 60.8 Å². The SMILES string of the molecule is Cc1cc(C)c(C2C(=O)NC3(CCC(C)CC3)C2=O)cc1C. The molecule has 2 aliphatic rings. The van der Waals surface area contributed by atoms with Crippen LogP contribution in [0.15, 0.2) is 12.1 Å². The van der Waals surface area contributed by atoms with E-state index in [9.17, 15) is 9.59 Å². The number of ketones is 1. The van der Waals surface area contributed by atoms with Crippen molar-refractivity contribution in [1.82, 2.24) is 5.32 Å². The Labute approximate surface area is 132 Å². The van der Waals surface area contributed by atoms with Gasteiger partial charge < -0.3 is 5.32 Å². The number of rotatable bonds is 1. The van der Waals surface area contributed by atoms with Gasteiger partial charge in [0.25, 0.3) is 0 Å². The van der Waals surface area contributed by atoms with E-state index in [-0.39, 0.29) is 11.7 Å². The summed E-state index contributed by atoms with van der Waals surface area (Å²) < 4.78 is 0. The number of Topliss-reactive ketones (excluding diaryl/α,β-unsaturated/α-hetero) is 1. The van der Waals surface area contributed by atoms with Gasteiger partial charge in [-0.1, -0.05) is 19.1 Å². The zero-order chi connectivity index (χ0) is 16.1. The Balaban J connectivity index is 1.97. The first kappa shape index (κ1) is 15.3. The molecule has 3 rings (SSSR count). The number of carbonyl (C=O) groups excluding carboxylic acids is 2. The summed E-state index contributed by atoms with van der Waals surface area (Å²) >= 11 is 0. The summed E-state index contributed by atoms with van der Waals surface area (Å²) in [6.45, 7) is 8.32. The molecule has 0 radical (unpaired) electrons. The first-order valence-electron chi connectivity index (χ1n) is 8.28. The third kappa shape index (κ3) is 2.27. The lowest BCUT2D eigenvalue weighted by Gasteiger charge is -2.34. The van der Waals surface area contributed by atoms with Crippen molar-refractivity contribution in [3.05, 3.63) is 34.4 Å². The summed E-state index contributed by atoms with van der Waals surface area (Å²) in [6.07, 6.45) is 3.62. The molecule has 1 aliphatic carbocycles. The third-order valence-electron chi connectivity index (χ3n) is 5.68. The highest BCUT2D eigenvalue weighted by Crippen LogP contribution is 2.41. The summed E-state index contributed by atoms with van der Waals surface area (Å²) in [5.74, 6) is 0.0205. The zero-order valence-electron chi connectivity index (χ0n) is 14.0. The number of benzene rings is 1. The third-order valence-corrected chi connectivity index (χ3v) is 5.68. The van der Waals surface area contributed by atoms with E-state index in [1.165, 1.54) is 5.56 Å². The number of aryl methyl sites for hydroxylation is 3. The summed E-state index contributed by atoms with van der Waals surface area (Å²) in [7, 11) is 0. The topological polar surface area (TPSA) is 46.2 Å². The fourth-order valence-corrected chi connectivity index (χ4v) is 3.97. The summed E-state index contributed by atoms with van der Waals surface area (Å²) in [5.41, 5.74) is 3.67. The van der Waals surface area contributed by atoms with Crippen molar-refractivity contribution in [2.45, 2.75) is 64.8 Å². The molecule has 1 atom stereocenters. The van der Waals surface area contributed by atoms with Gasteiger partial charge in [-0.15, -0.1) is 0 Å². The highest BCUT2D eigenvalue weighted by molar-refractivity contribution is 6.17. The number of hydrogen-bond donors (Lipinski definition) is 1. The highest BCUT2D eigenvalue weighted by atomic mass is 16.2. The van der Waals surface area contributed by atoms with E-state index < -0.39 is 11.5 Å². The van der Waals surface area contributed by atoms with Gasteiger partial charge in [0.05, 0.1) is 5.54 Å². The predicted octanol–water partition coefficient (Wildman–Crippen LogP) is 3.34. The van der Waals surface area contributed by atoms with Gasteiger partial charge >= 0.3 is 0 Å². The number of nitrogens with one attached hydrogen (secondary N) is 1. The summed E-state index contributed by atoms with van der Waals surface area (Å²) in [6, 6.07) is 4.11. The first-order chi connectivity index (χ1) is 10.3. The van der Waals surface area contributed by atoms with Crippen molar-refractivity contribution in [2.75, 3.05) is 0 Å². The monoisotopic (exact) mass is 299 g/mol. The largest absolute Gasteiger partial charge is 0.343 e. The van der Waals surface area contributed by atoms with Crippen LogP contribution in [0.3, 0.4) is 0 Å². The number of hydrogen-bond acceptors (Lipinski definition) is 2. The maximum absolute atomic E-state index is 13.1. The van der Waals surface area contributed by atoms with Crippen LogP contribution >= 0.6 is 0 Å².